The van der Waals surface area contributed by atoms with E-state index in [9.17, 15) is 0 Å². The highest BCUT2D eigenvalue weighted by Crippen LogP contribution is 1.93. The highest BCUT2D eigenvalue weighted by molar-refractivity contribution is 7.99. The molecule has 0 N–H and O–H groups in total. The van der Waals surface area contributed by atoms with Crippen LogP contribution in [0.25, 0.3) is 0 Å². The summed E-state index contributed by atoms with van der Waals surface area (Å²) in [5.41, 5.74) is 0. The lowest BCUT2D eigenvalue weighted by molar-refractivity contribution is 1.49. The first-order valence-electron chi connectivity index (χ1n) is 1.56. The second-order valence-corrected chi connectivity index (χ2v) is 1.70. The minimum Gasteiger partial charge on any atom is -0.197 e. The fourth-order valence-electron chi connectivity index (χ4n) is 0.105. The van der Waals surface area contributed by atoms with Crippen LogP contribution in [-0.2, 0) is 0 Å². The van der Waals surface area contributed by atoms with Crippen molar-refractivity contribution in [2.45, 2.75) is 0 Å². The Labute approximate surface area is 42.3 Å². The highest BCUT2D eigenvalue weighted by atomic mass is 32.2. The summed E-state index contributed by atoms with van der Waals surface area (Å²) in [6.07, 6.45) is 0. The van der Waals surface area contributed by atoms with Gasteiger partial charge in [-0.05, 0) is 12.7 Å². The summed E-state index contributed by atoms with van der Waals surface area (Å²) >= 11 is 1.42. The SMILES string of the molecule is [CH]CSCC#N. The van der Waals surface area contributed by atoms with Crippen LogP contribution < -0.4 is 0 Å². The summed E-state index contributed by atoms with van der Waals surface area (Å²) in [6, 6.07) is 1.95. The van der Waals surface area contributed by atoms with Gasteiger partial charge in [-0.25, -0.2) is 0 Å². The molecule has 1 nitrogen and oxygen atoms in total. The van der Waals surface area contributed by atoms with Gasteiger partial charge in [-0.15, -0.1) is 11.8 Å². The van der Waals surface area contributed by atoms with Gasteiger partial charge in [0.1, 0.15) is 0 Å². The maximum absolute atomic E-state index is 7.87. The van der Waals surface area contributed by atoms with Gasteiger partial charge in [-0.2, -0.15) is 5.26 Å². The van der Waals surface area contributed by atoms with Crippen molar-refractivity contribution in [1.29, 1.82) is 5.26 Å². The van der Waals surface area contributed by atoms with Gasteiger partial charge in [0.2, 0.25) is 0 Å². The highest BCUT2D eigenvalue weighted by Gasteiger charge is 1.73. The standard InChI is InChI=1S/C4H5NS/c1-2-6-4-3-5/h1H,2,4H2. The van der Waals surface area contributed by atoms with Crippen molar-refractivity contribution in [2.75, 3.05) is 11.5 Å². The van der Waals surface area contributed by atoms with E-state index in [0.717, 1.165) is 0 Å². The number of nitrogens with zero attached hydrogens (tertiary/aromatic N) is 1. The Morgan fingerprint density at radius 2 is 2.50 bits per heavy atom. The Hall–Kier alpha value is -0.160. The fourth-order valence-corrected chi connectivity index (χ4v) is 0.314. The van der Waals surface area contributed by atoms with E-state index in [1.807, 2.05) is 6.07 Å². The van der Waals surface area contributed by atoms with Crippen LogP contribution in [0.4, 0.5) is 0 Å². The van der Waals surface area contributed by atoms with Gasteiger partial charge >= 0.3 is 0 Å². The molecule has 6 heavy (non-hydrogen) atoms. The zero-order valence-electron chi connectivity index (χ0n) is 3.35. The first-order valence-corrected chi connectivity index (χ1v) is 2.72. The molecule has 0 saturated heterocycles. The number of rotatable bonds is 2. The molecule has 2 radical (unpaired) electrons. The summed E-state index contributed by atoms with van der Waals surface area (Å²) in [7, 11) is 0. The van der Waals surface area contributed by atoms with Crippen molar-refractivity contribution in [3.8, 4) is 6.07 Å². The lowest BCUT2D eigenvalue weighted by Gasteiger charge is -1.78. The molecule has 0 atom stereocenters. The fraction of sp³-hybridized carbons (Fsp3) is 0.500. The van der Waals surface area contributed by atoms with E-state index >= 15 is 0 Å². The van der Waals surface area contributed by atoms with Crippen molar-refractivity contribution >= 4 is 11.8 Å². The predicted octanol–water partition coefficient (Wildman–Crippen LogP) is 0.954. The van der Waals surface area contributed by atoms with E-state index in [1.165, 1.54) is 11.8 Å². The van der Waals surface area contributed by atoms with E-state index in [2.05, 4.69) is 0 Å². The quantitative estimate of drug-likeness (QED) is 0.481. The third kappa shape index (κ3) is 3.84. The second kappa shape index (κ2) is 4.84. The molecule has 0 aliphatic carbocycles. The van der Waals surface area contributed by atoms with Gasteiger partial charge in [-0.1, -0.05) is 0 Å². The summed E-state index contributed by atoms with van der Waals surface area (Å²) in [5.74, 6) is 1.06. The van der Waals surface area contributed by atoms with E-state index in [4.69, 9.17) is 12.2 Å². The van der Waals surface area contributed by atoms with Crippen LogP contribution in [0.1, 0.15) is 0 Å². The molecule has 0 heterocycles. The average molecular weight is 99.2 g/mol. The Bertz CT molecular complexity index is 55.1. The summed E-state index contributed by atoms with van der Waals surface area (Å²) in [4.78, 5) is 0. The smallest absolute Gasteiger partial charge is 0.0808 e. The molecule has 0 aromatic rings. The molecule has 0 saturated carbocycles. The summed E-state index contributed by atoms with van der Waals surface area (Å²) in [6.45, 7) is 5.03. The number of thioether (sulfide) groups is 1. The van der Waals surface area contributed by atoms with Crippen LogP contribution >= 0.6 is 11.8 Å². The molecular formula is C4H5NS. The van der Waals surface area contributed by atoms with E-state index in [0.29, 0.717) is 11.5 Å². The Balaban J connectivity index is 2.54. The molecule has 0 unspecified atom stereocenters. The Morgan fingerprint density at radius 1 is 1.83 bits per heavy atom. The molecule has 0 bridgehead atoms. The molecule has 0 rings (SSSR count). The lowest BCUT2D eigenvalue weighted by atomic mass is 10.9. The molecule has 0 aromatic heterocycles. The Kier molecular flexibility index (Phi) is 4.71. The van der Waals surface area contributed by atoms with E-state index < -0.39 is 0 Å². The molecule has 0 spiro atoms. The molecule has 0 aliphatic rings. The number of nitriles is 1. The van der Waals surface area contributed by atoms with Crippen molar-refractivity contribution in [3.63, 3.8) is 0 Å². The van der Waals surface area contributed by atoms with Crippen molar-refractivity contribution in [3.05, 3.63) is 6.92 Å². The molecule has 2 heteroatoms. The lowest BCUT2D eigenvalue weighted by Crippen LogP contribution is -1.68. The minimum atomic E-state index is 0.510. The third-order valence-electron chi connectivity index (χ3n) is 0.284. The van der Waals surface area contributed by atoms with Crippen LogP contribution in [0.3, 0.4) is 0 Å². The first-order chi connectivity index (χ1) is 2.91. The van der Waals surface area contributed by atoms with Crippen molar-refractivity contribution in [1.82, 2.24) is 0 Å². The van der Waals surface area contributed by atoms with E-state index in [1.54, 1.807) is 0 Å². The van der Waals surface area contributed by atoms with Crippen LogP contribution in [0.15, 0.2) is 0 Å². The summed E-state index contributed by atoms with van der Waals surface area (Å²) in [5, 5.41) is 7.87. The molecule has 32 valence electrons. The number of hydrogen-bond acceptors (Lipinski definition) is 2. The van der Waals surface area contributed by atoms with Gasteiger partial charge in [0.15, 0.2) is 0 Å². The third-order valence-corrected chi connectivity index (χ3v) is 0.853. The summed E-state index contributed by atoms with van der Waals surface area (Å²) < 4.78 is 0. The van der Waals surface area contributed by atoms with Crippen LogP contribution in [-0.4, -0.2) is 11.5 Å². The van der Waals surface area contributed by atoms with Gasteiger partial charge in [0.25, 0.3) is 0 Å². The van der Waals surface area contributed by atoms with Crippen LogP contribution in [0, 0.1) is 18.3 Å². The first kappa shape index (κ1) is 5.84. The van der Waals surface area contributed by atoms with Gasteiger partial charge in [0.05, 0.1) is 11.8 Å². The van der Waals surface area contributed by atoms with Gasteiger partial charge in [0, 0.05) is 0 Å². The zero-order chi connectivity index (χ0) is 4.83. The monoisotopic (exact) mass is 99.0 g/mol. The molecule has 0 aliphatic heterocycles. The van der Waals surface area contributed by atoms with Crippen LogP contribution in [0.5, 0.6) is 0 Å². The normalized spacial score (nSPS) is 7.33. The number of hydrogen-bond donors (Lipinski definition) is 0. The minimum absolute atomic E-state index is 0.510. The topological polar surface area (TPSA) is 23.8 Å². The zero-order valence-corrected chi connectivity index (χ0v) is 4.16. The molecule has 0 fully saturated rings. The van der Waals surface area contributed by atoms with Crippen molar-refractivity contribution < 1.29 is 0 Å². The average Bonchev–Trinajstić information content (AvgIpc) is 1.61. The maximum Gasteiger partial charge on any atom is 0.0808 e. The van der Waals surface area contributed by atoms with Gasteiger partial charge in [-0.3, -0.25) is 0 Å². The molecular weight excluding hydrogens is 94.1 g/mol. The predicted molar refractivity (Wildman–Crippen MR) is 27.2 cm³/mol. The van der Waals surface area contributed by atoms with Crippen LogP contribution in [0.2, 0.25) is 0 Å². The second-order valence-electron chi connectivity index (χ2n) is 0.673. The van der Waals surface area contributed by atoms with Crippen molar-refractivity contribution in [2.24, 2.45) is 0 Å². The largest absolute Gasteiger partial charge is 0.197 e. The molecule has 0 amide bonds. The Morgan fingerprint density at radius 3 is 2.67 bits per heavy atom. The van der Waals surface area contributed by atoms with E-state index in [-0.39, 0.29) is 0 Å². The maximum atomic E-state index is 7.87. The molecule has 0 aromatic carbocycles. The van der Waals surface area contributed by atoms with Gasteiger partial charge < -0.3 is 0 Å².